The normalized spacial score (nSPS) is 15.2. The first-order chi connectivity index (χ1) is 13.9. The summed E-state index contributed by atoms with van der Waals surface area (Å²) in [5, 5.41) is 2.89. The Kier molecular flexibility index (Phi) is 7.38. The van der Waals surface area contributed by atoms with Gasteiger partial charge in [0.2, 0.25) is 15.9 Å². The average molecular weight is 433 g/mol. The van der Waals surface area contributed by atoms with Gasteiger partial charge in [-0.1, -0.05) is 36.2 Å². The molecule has 3 rings (SSSR count). The molecule has 156 valence electrons. The predicted octanol–water partition coefficient (Wildman–Crippen LogP) is 3.89. The van der Waals surface area contributed by atoms with Crippen LogP contribution in [0.5, 0.6) is 0 Å². The van der Waals surface area contributed by atoms with E-state index in [1.54, 1.807) is 22.5 Å². The van der Waals surface area contributed by atoms with Crippen molar-refractivity contribution >= 4 is 27.7 Å². The van der Waals surface area contributed by atoms with Gasteiger partial charge >= 0.3 is 0 Å². The SMILES string of the molecule is Cc1ccc(C)c(SCC(=O)NCc2cccc(S(=O)(=O)N3CCCCC3)c2)c1. The van der Waals surface area contributed by atoms with Crippen molar-refractivity contribution in [2.45, 2.75) is 49.4 Å². The number of hydrogen-bond donors (Lipinski definition) is 1. The van der Waals surface area contributed by atoms with E-state index in [9.17, 15) is 13.2 Å². The largest absolute Gasteiger partial charge is 0.351 e. The summed E-state index contributed by atoms with van der Waals surface area (Å²) in [5.41, 5.74) is 3.11. The van der Waals surface area contributed by atoms with Crippen LogP contribution in [-0.4, -0.2) is 37.5 Å². The molecule has 29 heavy (non-hydrogen) atoms. The highest BCUT2D eigenvalue weighted by Gasteiger charge is 2.25. The van der Waals surface area contributed by atoms with E-state index in [0.717, 1.165) is 35.3 Å². The lowest BCUT2D eigenvalue weighted by Gasteiger charge is -2.26. The van der Waals surface area contributed by atoms with Crippen LogP contribution in [0.25, 0.3) is 0 Å². The molecule has 0 bridgehead atoms. The Morgan fingerprint density at radius 3 is 2.59 bits per heavy atom. The van der Waals surface area contributed by atoms with Crippen molar-refractivity contribution < 1.29 is 13.2 Å². The summed E-state index contributed by atoms with van der Waals surface area (Å²) in [5.74, 6) is 0.260. The van der Waals surface area contributed by atoms with Gasteiger partial charge in [0.1, 0.15) is 0 Å². The maximum Gasteiger partial charge on any atom is 0.243 e. The first kappa shape index (κ1) is 21.9. The van der Waals surface area contributed by atoms with Gasteiger partial charge in [-0.2, -0.15) is 4.31 Å². The summed E-state index contributed by atoms with van der Waals surface area (Å²) in [6, 6.07) is 13.1. The summed E-state index contributed by atoms with van der Waals surface area (Å²) in [7, 11) is -3.46. The number of hydrogen-bond acceptors (Lipinski definition) is 4. The molecule has 0 unspecified atom stereocenters. The molecule has 0 saturated carbocycles. The van der Waals surface area contributed by atoms with E-state index in [4.69, 9.17) is 0 Å². The Hall–Kier alpha value is -1.83. The number of benzene rings is 2. The van der Waals surface area contributed by atoms with E-state index in [-0.39, 0.29) is 5.91 Å². The number of carbonyl (C=O) groups excluding carboxylic acids is 1. The number of sulfonamides is 1. The highest BCUT2D eigenvalue weighted by Crippen LogP contribution is 2.24. The Morgan fingerprint density at radius 2 is 1.83 bits per heavy atom. The number of amides is 1. The fourth-order valence-corrected chi connectivity index (χ4v) is 5.87. The van der Waals surface area contributed by atoms with E-state index in [1.807, 2.05) is 19.9 Å². The summed E-state index contributed by atoms with van der Waals surface area (Å²) in [4.78, 5) is 13.7. The first-order valence-electron chi connectivity index (χ1n) is 9.92. The van der Waals surface area contributed by atoms with Gasteiger partial charge in [-0.25, -0.2) is 8.42 Å². The predicted molar refractivity (Wildman–Crippen MR) is 118 cm³/mol. The summed E-state index contributed by atoms with van der Waals surface area (Å²) in [6.45, 7) is 5.55. The van der Waals surface area contributed by atoms with Gasteiger partial charge in [0.15, 0.2) is 0 Å². The second-order valence-corrected chi connectivity index (χ2v) is 10.4. The smallest absolute Gasteiger partial charge is 0.243 e. The van der Waals surface area contributed by atoms with E-state index >= 15 is 0 Å². The highest BCUT2D eigenvalue weighted by molar-refractivity contribution is 8.00. The quantitative estimate of drug-likeness (QED) is 0.674. The lowest BCUT2D eigenvalue weighted by atomic mass is 10.2. The second-order valence-electron chi connectivity index (χ2n) is 7.45. The van der Waals surface area contributed by atoms with Crippen LogP contribution < -0.4 is 5.32 Å². The zero-order valence-corrected chi connectivity index (χ0v) is 18.6. The van der Waals surface area contributed by atoms with Crippen LogP contribution in [0.3, 0.4) is 0 Å². The van der Waals surface area contributed by atoms with Gasteiger partial charge in [0.25, 0.3) is 0 Å². The Bertz CT molecular complexity index is 968. The molecule has 5 nitrogen and oxygen atoms in total. The van der Waals surface area contributed by atoms with E-state index in [1.165, 1.54) is 17.3 Å². The van der Waals surface area contributed by atoms with E-state index < -0.39 is 10.0 Å². The maximum atomic E-state index is 12.8. The molecule has 1 fully saturated rings. The zero-order chi connectivity index (χ0) is 20.9. The molecule has 7 heteroatoms. The number of thioether (sulfide) groups is 1. The number of rotatable bonds is 7. The second kappa shape index (κ2) is 9.78. The molecule has 1 aliphatic heterocycles. The van der Waals surface area contributed by atoms with Crippen molar-refractivity contribution in [2.75, 3.05) is 18.8 Å². The number of nitrogens with zero attached hydrogens (tertiary/aromatic N) is 1. The molecular formula is C22H28N2O3S2. The van der Waals surface area contributed by atoms with Crippen molar-refractivity contribution in [2.24, 2.45) is 0 Å². The molecule has 0 aromatic heterocycles. The minimum atomic E-state index is -3.46. The van der Waals surface area contributed by atoms with E-state index in [2.05, 4.69) is 23.5 Å². The van der Waals surface area contributed by atoms with Crippen molar-refractivity contribution in [3.05, 3.63) is 59.2 Å². The molecule has 0 spiro atoms. The molecule has 0 aliphatic carbocycles. The molecular weight excluding hydrogens is 404 g/mol. The van der Waals surface area contributed by atoms with Crippen LogP contribution in [0, 0.1) is 13.8 Å². The average Bonchev–Trinajstić information content (AvgIpc) is 2.73. The van der Waals surface area contributed by atoms with Gasteiger partial charge in [0, 0.05) is 24.5 Å². The minimum Gasteiger partial charge on any atom is -0.351 e. The molecule has 1 N–H and O–H groups in total. The van der Waals surface area contributed by atoms with Crippen molar-refractivity contribution in [1.82, 2.24) is 9.62 Å². The van der Waals surface area contributed by atoms with Gasteiger partial charge in [-0.05, 0) is 56.0 Å². The van der Waals surface area contributed by atoms with Crippen molar-refractivity contribution in [3.8, 4) is 0 Å². The standard InChI is InChI=1S/C22H28N2O3S2/c1-17-9-10-18(2)21(13-17)28-16-22(25)23-15-19-7-6-8-20(14-19)29(26,27)24-11-4-3-5-12-24/h6-10,13-14H,3-5,11-12,15-16H2,1-2H3,(H,23,25). The fourth-order valence-electron chi connectivity index (χ4n) is 3.33. The van der Waals surface area contributed by atoms with Crippen LogP contribution >= 0.6 is 11.8 Å². The lowest BCUT2D eigenvalue weighted by Crippen LogP contribution is -2.35. The monoisotopic (exact) mass is 432 g/mol. The number of nitrogens with one attached hydrogen (secondary N) is 1. The fraction of sp³-hybridized carbons (Fsp3) is 0.409. The van der Waals surface area contributed by atoms with Crippen LogP contribution in [0.2, 0.25) is 0 Å². The Morgan fingerprint density at radius 1 is 1.07 bits per heavy atom. The maximum absolute atomic E-state index is 12.8. The Labute approximate surface area is 177 Å². The van der Waals surface area contributed by atoms with Crippen molar-refractivity contribution in [3.63, 3.8) is 0 Å². The van der Waals surface area contributed by atoms with E-state index in [0.29, 0.717) is 30.3 Å². The molecule has 2 aromatic rings. The third-order valence-corrected chi connectivity index (χ3v) is 8.10. The van der Waals surface area contributed by atoms with Crippen LogP contribution in [0.1, 0.15) is 36.0 Å². The highest BCUT2D eigenvalue weighted by atomic mass is 32.2. The number of piperidine rings is 1. The molecule has 1 amide bonds. The minimum absolute atomic E-state index is 0.0693. The van der Waals surface area contributed by atoms with Crippen molar-refractivity contribution in [1.29, 1.82) is 0 Å². The van der Waals surface area contributed by atoms with Gasteiger partial charge < -0.3 is 5.32 Å². The lowest BCUT2D eigenvalue weighted by molar-refractivity contribution is -0.118. The van der Waals surface area contributed by atoms with Crippen LogP contribution in [0.4, 0.5) is 0 Å². The third kappa shape index (κ3) is 5.84. The van der Waals surface area contributed by atoms with Gasteiger partial charge in [-0.3, -0.25) is 4.79 Å². The topological polar surface area (TPSA) is 66.5 Å². The summed E-state index contributed by atoms with van der Waals surface area (Å²) < 4.78 is 27.2. The van der Waals surface area contributed by atoms with Gasteiger partial charge in [0.05, 0.1) is 10.6 Å². The number of aryl methyl sites for hydroxylation is 2. The molecule has 0 atom stereocenters. The molecule has 2 aromatic carbocycles. The van der Waals surface area contributed by atoms with Crippen LogP contribution in [-0.2, 0) is 21.4 Å². The summed E-state index contributed by atoms with van der Waals surface area (Å²) >= 11 is 1.52. The first-order valence-corrected chi connectivity index (χ1v) is 12.3. The van der Waals surface area contributed by atoms with Gasteiger partial charge in [-0.15, -0.1) is 11.8 Å². The molecule has 1 aliphatic rings. The molecule has 1 saturated heterocycles. The zero-order valence-electron chi connectivity index (χ0n) is 17.0. The Balaban J connectivity index is 1.57. The molecule has 1 heterocycles. The summed E-state index contributed by atoms with van der Waals surface area (Å²) in [6.07, 6.45) is 2.90. The van der Waals surface area contributed by atoms with Crippen LogP contribution in [0.15, 0.2) is 52.3 Å². The number of carbonyl (C=O) groups is 1. The third-order valence-electron chi connectivity index (χ3n) is 5.04. The molecule has 0 radical (unpaired) electrons.